The van der Waals surface area contributed by atoms with E-state index < -0.39 is 9.20 Å². The number of hydrogen-bond donors (Lipinski definition) is 0. The van der Waals surface area contributed by atoms with Gasteiger partial charge in [0.1, 0.15) is 6.54 Å². The molecule has 84 valence electrons. The summed E-state index contributed by atoms with van der Waals surface area (Å²) in [5.74, 6) is -0.798. The second-order valence-electron chi connectivity index (χ2n) is 2.93. The smallest absolute Gasteiger partial charge is 0.327 e. The average Bonchev–Trinajstić information content (AvgIpc) is 2.31. The molecule has 0 saturated carbocycles. The number of hydrogen-bond acceptors (Lipinski definition) is 4. The maximum absolute atomic E-state index is 11.7. The number of rotatable bonds is 3. The lowest BCUT2D eigenvalue weighted by molar-refractivity contribution is -0.148. The Morgan fingerprint density at radius 3 is 2.60 bits per heavy atom. The van der Waals surface area contributed by atoms with Crippen LogP contribution in [0.5, 0.6) is 0 Å². The van der Waals surface area contributed by atoms with Crippen LogP contribution in [0.3, 0.4) is 0 Å². The third-order valence-electron chi connectivity index (χ3n) is 1.81. The molecule has 0 fully saturated rings. The van der Waals surface area contributed by atoms with Crippen molar-refractivity contribution in [1.82, 2.24) is 5.01 Å². The Bertz CT molecular complexity index is 328. The van der Waals surface area contributed by atoms with Gasteiger partial charge in [0, 0.05) is 0 Å². The van der Waals surface area contributed by atoms with Crippen LogP contribution < -0.4 is 0 Å². The van der Waals surface area contributed by atoms with E-state index >= 15 is 0 Å². The molecule has 0 unspecified atom stereocenters. The third-order valence-corrected chi connectivity index (χ3v) is 3.64. The molecule has 0 spiro atoms. The molecule has 1 aliphatic heterocycles. The molecule has 0 aromatic heterocycles. The summed E-state index contributed by atoms with van der Waals surface area (Å²) in [6.07, 6.45) is 0. The molecule has 1 rings (SSSR count). The lowest BCUT2D eigenvalue weighted by Crippen LogP contribution is -2.37. The van der Waals surface area contributed by atoms with Crippen molar-refractivity contribution in [2.45, 2.75) is 17.1 Å². The molecule has 0 bridgehead atoms. The van der Waals surface area contributed by atoms with Gasteiger partial charge in [-0.05, 0) is 13.8 Å². The molecule has 5 nitrogen and oxygen atoms in total. The standard InChI is InChI=1S/C8H10Br2N2O3/c1-3-15-6(13)4-12-7(14)8(9,10)5(2)11-12/h3-4H2,1-2H3. The van der Waals surface area contributed by atoms with Crippen LogP contribution in [-0.2, 0) is 14.3 Å². The van der Waals surface area contributed by atoms with Crippen molar-refractivity contribution in [1.29, 1.82) is 0 Å². The first-order valence-electron chi connectivity index (χ1n) is 4.30. The Labute approximate surface area is 104 Å². The predicted octanol–water partition coefficient (Wildman–Crippen LogP) is 1.25. The molecule has 0 atom stereocenters. The fraction of sp³-hybridized carbons (Fsp3) is 0.625. The molecule has 1 amide bonds. The molecule has 0 aromatic carbocycles. The summed E-state index contributed by atoms with van der Waals surface area (Å²) in [6.45, 7) is 3.52. The number of nitrogens with zero attached hydrogens (tertiary/aromatic N) is 2. The van der Waals surface area contributed by atoms with Crippen LogP contribution in [0.4, 0.5) is 0 Å². The SMILES string of the molecule is CCOC(=O)CN1N=C(C)C(Br)(Br)C1=O. The van der Waals surface area contributed by atoms with E-state index in [0.29, 0.717) is 5.71 Å². The van der Waals surface area contributed by atoms with Crippen molar-refractivity contribution in [3.8, 4) is 0 Å². The highest BCUT2D eigenvalue weighted by molar-refractivity contribution is 9.26. The third kappa shape index (κ3) is 2.57. The van der Waals surface area contributed by atoms with Crippen molar-refractivity contribution in [2.75, 3.05) is 13.2 Å². The molecule has 1 aliphatic rings. The zero-order chi connectivity index (χ0) is 11.6. The summed E-state index contributed by atoms with van der Waals surface area (Å²) in [6, 6.07) is 0. The molecule has 0 radical (unpaired) electrons. The molecule has 0 aromatic rings. The van der Waals surface area contributed by atoms with Crippen molar-refractivity contribution >= 4 is 49.4 Å². The van der Waals surface area contributed by atoms with Crippen LogP contribution in [-0.4, -0.2) is 39.0 Å². The molecular weight excluding hydrogens is 332 g/mol. The maximum Gasteiger partial charge on any atom is 0.327 e. The lowest BCUT2D eigenvalue weighted by atomic mass is 10.3. The molecule has 15 heavy (non-hydrogen) atoms. The number of hydrazone groups is 1. The van der Waals surface area contributed by atoms with E-state index in [-0.39, 0.29) is 19.1 Å². The lowest BCUT2D eigenvalue weighted by Gasteiger charge is -2.14. The zero-order valence-corrected chi connectivity index (χ0v) is 11.5. The summed E-state index contributed by atoms with van der Waals surface area (Å²) in [5, 5.41) is 5.03. The topological polar surface area (TPSA) is 59.0 Å². The van der Waals surface area contributed by atoms with Crippen LogP contribution >= 0.6 is 31.9 Å². The van der Waals surface area contributed by atoms with Crippen molar-refractivity contribution in [2.24, 2.45) is 5.10 Å². The summed E-state index contributed by atoms with van der Waals surface area (Å²) in [7, 11) is 0. The predicted molar refractivity (Wildman–Crippen MR) is 62.0 cm³/mol. The van der Waals surface area contributed by atoms with Crippen LogP contribution in [0, 0.1) is 0 Å². The molecular formula is C8H10Br2N2O3. The van der Waals surface area contributed by atoms with Gasteiger partial charge >= 0.3 is 5.97 Å². The van der Waals surface area contributed by atoms with Gasteiger partial charge in [0.05, 0.1) is 12.3 Å². The minimum absolute atomic E-state index is 0.164. The summed E-state index contributed by atoms with van der Waals surface area (Å²) < 4.78 is 3.74. The minimum atomic E-state index is -0.980. The van der Waals surface area contributed by atoms with Crippen molar-refractivity contribution < 1.29 is 14.3 Å². The van der Waals surface area contributed by atoms with Gasteiger partial charge in [0.2, 0.25) is 0 Å². The number of halogens is 2. The monoisotopic (exact) mass is 340 g/mol. The highest BCUT2D eigenvalue weighted by Gasteiger charge is 2.45. The average molecular weight is 342 g/mol. The van der Waals surface area contributed by atoms with Gasteiger partial charge in [-0.25, -0.2) is 5.01 Å². The zero-order valence-electron chi connectivity index (χ0n) is 8.29. The van der Waals surface area contributed by atoms with E-state index in [1.807, 2.05) is 0 Å². The first-order valence-corrected chi connectivity index (χ1v) is 5.89. The van der Waals surface area contributed by atoms with Gasteiger partial charge in [-0.1, -0.05) is 31.9 Å². The molecule has 1 heterocycles. The van der Waals surface area contributed by atoms with Gasteiger partial charge in [-0.3, -0.25) is 9.59 Å². The number of carbonyl (C=O) groups excluding carboxylic acids is 2. The van der Waals surface area contributed by atoms with Crippen molar-refractivity contribution in [3.63, 3.8) is 0 Å². The second kappa shape index (κ2) is 4.61. The first kappa shape index (κ1) is 12.6. The van der Waals surface area contributed by atoms with Crippen molar-refractivity contribution in [3.05, 3.63) is 0 Å². The van der Waals surface area contributed by atoms with E-state index in [0.717, 1.165) is 5.01 Å². The fourth-order valence-corrected chi connectivity index (χ4v) is 1.61. The van der Waals surface area contributed by atoms with E-state index in [1.54, 1.807) is 13.8 Å². The van der Waals surface area contributed by atoms with Crippen LogP contribution in [0.15, 0.2) is 5.10 Å². The maximum atomic E-state index is 11.7. The van der Waals surface area contributed by atoms with E-state index in [1.165, 1.54) is 0 Å². The molecule has 0 aliphatic carbocycles. The van der Waals surface area contributed by atoms with Crippen LogP contribution in [0.1, 0.15) is 13.8 Å². The van der Waals surface area contributed by atoms with Gasteiger partial charge in [-0.15, -0.1) is 0 Å². The Balaban J connectivity index is 2.68. The van der Waals surface area contributed by atoms with Crippen LogP contribution in [0.25, 0.3) is 0 Å². The number of carbonyl (C=O) groups is 2. The van der Waals surface area contributed by atoms with Gasteiger partial charge in [0.25, 0.3) is 5.91 Å². The number of alkyl halides is 2. The Morgan fingerprint density at radius 2 is 2.20 bits per heavy atom. The number of esters is 1. The second-order valence-corrected chi connectivity index (χ2v) is 6.37. The number of ether oxygens (including phenoxy) is 1. The molecule has 0 saturated heterocycles. The Morgan fingerprint density at radius 1 is 1.60 bits per heavy atom. The van der Waals surface area contributed by atoms with E-state index in [4.69, 9.17) is 4.74 Å². The van der Waals surface area contributed by atoms with Gasteiger partial charge < -0.3 is 4.74 Å². The first-order chi connectivity index (χ1) is 6.89. The normalized spacial score (nSPS) is 19.1. The Hall–Kier alpha value is -0.430. The van der Waals surface area contributed by atoms with Gasteiger partial charge in [0.15, 0.2) is 3.23 Å². The summed E-state index contributed by atoms with van der Waals surface area (Å²) in [5.41, 5.74) is 0.553. The quantitative estimate of drug-likeness (QED) is 0.573. The summed E-state index contributed by atoms with van der Waals surface area (Å²) in [4.78, 5) is 22.8. The summed E-state index contributed by atoms with van der Waals surface area (Å²) >= 11 is 6.37. The largest absolute Gasteiger partial charge is 0.465 e. The highest BCUT2D eigenvalue weighted by atomic mass is 79.9. The number of amides is 1. The molecule has 7 heteroatoms. The molecule has 0 N–H and O–H groups in total. The fourth-order valence-electron chi connectivity index (χ4n) is 1.04. The van der Waals surface area contributed by atoms with Crippen LogP contribution in [0.2, 0.25) is 0 Å². The van der Waals surface area contributed by atoms with Gasteiger partial charge in [-0.2, -0.15) is 5.10 Å². The highest BCUT2D eigenvalue weighted by Crippen LogP contribution is 2.35. The Kier molecular flexibility index (Phi) is 3.88. The van der Waals surface area contributed by atoms with E-state index in [2.05, 4.69) is 37.0 Å². The minimum Gasteiger partial charge on any atom is -0.465 e. The van der Waals surface area contributed by atoms with E-state index in [9.17, 15) is 9.59 Å².